The predicted molar refractivity (Wildman–Crippen MR) is 106 cm³/mol. The number of thioether (sulfide) groups is 1. The maximum atomic E-state index is 5.79. The Balaban J connectivity index is 1.34. The Kier molecular flexibility index (Phi) is 4.01. The zero-order chi connectivity index (χ0) is 18.2. The van der Waals surface area contributed by atoms with E-state index in [1.165, 1.54) is 0 Å². The minimum absolute atomic E-state index is 0.751. The van der Waals surface area contributed by atoms with Gasteiger partial charge in [-0.25, -0.2) is 15.0 Å². The van der Waals surface area contributed by atoms with Crippen LogP contribution in [-0.4, -0.2) is 30.3 Å². The van der Waals surface area contributed by atoms with Gasteiger partial charge in [0.2, 0.25) is 0 Å². The van der Waals surface area contributed by atoms with Gasteiger partial charge in [-0.2, -0.15) is 4.52 Å². The van der Waals surface area contributed by atoms with Crippen LogP contribution in [0.15, 0.2) is 58.1 Å². The van der Waals surface area contributed by atoms with Gasteiger partial charge in [0.25, 0.3) is 0 Å². The lowest BCUT2D eigenvalue weighted by Crippen LogP contribution is -1.99. The average molecular weight is 375 g/mol. The zero-order valence-corrected chi connectivity index (χ0v) is 15.6. The molecule has 5 aromatic rings. The van der Waals surface area contributed by atoms with Crippen LogP contribution in [0.1, 0.15) is 18.1 Å². The molecule has 0 saturated carbocycles. The third kappa shape index (κ3) is 3.04. The molecule has 0 bridgehead atoms. The number of oxazole rings is 1. The highest BCUT2D eigenvalue weighted by molar-refractivity contribution is 7.99. The molecule has 0 fully saturated rings. The molecule has 5 rings (SSSR count). The number of fused-ring (bicyclic) bond motifs is 4. The number of nitrogens with zero attached hydrogens (tertiary/aromatic N) is 5. The van der Waals surface area contributed by atoms with Crippen LogP contribution in [0.5, 0.6) is 0 Å². The van der Waals surface area contributed by atoms with Gasteiger partial charge in [0, 0.05) is 17.6 Å². The largest absolute Gasteiger partial charge is 0.441 e. The quantitative estimate of drug-likeness (QED) is 0.257. The van der Waals surface area contributed by atoms with E-state index in [0.717, 1.165) is 63.1 Å². The van der Waals surface area contributed by atoms with E-state index >= 15 is 0 Å². The van der Waals surface area contributed by atoms with E-state index in [9.17, 15) is 0 Å². The number of benzene rings is 2. The highest BCUT2D eigenvalue weighted by Gasteiger charge is 2.12. The molecule has 0 aliphatic carbocycles. The molecule has 0 saturated heterocycles. The fraction of sp³-hybridized carbons (Fsp3) is 0.200. The van der Waals surface area contributed by atoms with Crippen molar-refractivity contribution < 1.29 is 4.42 Å². The van der Waals surface area contributed by atoms with Crippen LogP contribution in [0.25, 0.3) is 27.6 Å². The van der Waals surface area contributed by atoms with E-state index in [-0.39, 0.29) is 0 Å². The maximum absolute atomic E-state index is 5.79. The molecule has 7 heteroatoms. The summed E-state index contributed by atoms with van der Waals surface area (Å²) in [5.74, 6) is 2.43. The first-order chi connectivity index (χ1) is 13.3. The zero-order valence-electron chi connectivity index (χ0n) is 14.8. The lowest BCUT2D eigenvalue weighted by Gasteiger charge is -2.05. The van der Waals surface area contributed by atoms with E-state index in [0.29, 0.717) is 0 Å². The number of aromatic nitrogens is 5. The van der Waals surface area contributed by atoms with Crippen LogP contribution >= 0.6 is 11.8 Å². The van der Waals surface area contributed by atoms with Crippen molar-refractivity contribution in [3.05, 3.63) is 60.2 Å². The second-order valence-corrected chi connectivity index (χ2v) is 7.40. The van der Waals surface area contributed by atoms with E-state index in [4.69, 9.17) is 9.40 Å². The Morgan fingerprint density at radius 2 is 1.78 bits per heavy atom. The summed E-state index contributed by atoms with van der Waals surface area (Å²) in [5.41, 5.74) is 3.56. The molecule has 0 unspecified atom stereocenters. The molecule has 6 nitrogen and oxygen atoms in total. The lowest BCUT2D eigenvalue weighted by molar-refractivity contribution is 0.526. The lowest BCUT2D eigenvalue weighted by atomic mass is 10.2. The second kappa shape index (κ2) is 6.66. The first-order valence-electron chi connectivity index (χ1n) is 8.87. The second-order valence-electron chi connectivity index (χ2n) is 6.33. The third-order valence-corrected chi connectivity index (χ3v) is 5.37. The van der Waals surface area contributed by atoms with Crippen molar-refractivity contribution >= 4 is 39.4 Å². The summed E-state index contributed by atoms with van der Waals surface area (Å²) in [6.45, 7) is 1.91. The first-order valence-corrected chi connectivity index (χ1v) is 9.86. The van der Waals surface area contributed by atoms with Crippen LogP contribution in [0.4, 0.5) is 0 Å². The van der Waals surface area contributed by atoms with Gasteiger partial charge in [-0.1, -0.05) is 36.0 Å². The molecule has 3 aromatic heterocycles. The van der Waals surface area contributed by atoms with E-state index < -0.39 is 0 Å². The minimum atomic E-state index is 0.751. The van der Waals surface area contributed by atoms with Crippen molar-refractivity contribution in [2.75, 3.05) is 5.75 Å². The van der Waals surface area contributed by atoms with Crippen molar-refractivity contribution in [2.45, 2.75) is 24.9 Å². The highest BCUT2D eigenvalue weighted by Crippen LogP contribution is 2.25. The normalized spacial score (nSPS) is 11.7. The fourth-order valence-electron chi connectivity index (χ4n) is 3.14. The first kappa shape index (κ1) is 16.3. The summed E-state index contributed by atoms with van der Waals surface area (Å²) >= 11 is 1.68. The molecule has 0 amide bonds. The van der Waals surface area contributed by atoms with Gasteiger partial charge >= 0.3 is 0 Å². The minimum Gasteiger partial charge on any atom is -0.441 e. The molecular formula is C20H17N5OS. The Morgan fingerprint density at radius 3 is 2.67 bits per heavy atom. The molecule has 0 N–H and O–H groups in total. The van der Waals surface area contributed by atoms with Gasteiger partial charge in [-0.05, 0) is 37.6 Å². The molecule has 0 spiro atoms. The SMILES string of the molecule is Cc1nc2c3ccccc3nc(SCCCc3nc4ccccc4o3)n2n1. The van der Waals surface area contributed by atoms with Crippen LogP contribution in [0.2, 0.25) is 0 Å². The van der Waals surface area contributed by atoms with Crippen molar-refractivity contribution in [1.29, 1.82) is 0 Å². The molecule has 0 aliphatic rings. The number of para-hydroxylation sites is 3. The topological polar surface area (TPSA) is 69.1 Å². The molecular weight excluding hydrogens is 358 g/mol. The highest BCUT2D eigenvalue weighted by atomic mass is 32.2. The molecule has 2 aromatic carbocycles. The Bertz CT molecular complexity index is 1230. The van der Waals surface area contributed by atoms with Gasteiger partial charge in [0.15, 0.2) is 22.3 Å². The molecule has 0 radical (unpaired) electrons. The van der Waals surface area contributed by atoms with Crippen LogP contribution in [0, 0.1) is 6.92 Å². The van der Waals surface area contributed by atoms with Gasteiger partial charge in [0.05, 0.1) is 5.52 Å². The smallest absolute Gasteiger partial charge is 0.195 e. The van der Waals surface area contributed by atoms with Crippen LogP contribution in [-0.2, 0) is 6.42 Å². The fourth-order valence-corrected chi connectivity index (χ4v) is 4.02. The average Bonchev–Trinajstić information content (AvgIpc) is 3.28. The molecule has 134 valence electrons. The Morgan fingerprint density at radius 1 is 0.963 bits per heavy atom. The van der Waals surface area contributed by atoms with Gasteiger partial charge in [0.1, 0.15) is 11.3 Å². The van der Waals surface area contributed by atoms with Crippen molar-refractivity contribution in [2.24, 2.45) is 0 Å². The standard InChI is InChI=1S/C20H17N5OS/c1-13-21-19-14-7-2-3-8-15(14)23-20(25(19)24-13)27-12-6-11-18-22-16-9-4-5-10-17(16)26-18/h2-5,7-10H,6,11-12H2,1H3. The van der Waals surface area contributed by atoms with Gasteiger partial charge < -0.3 is 4.42 Å². The van der Waals surface area contributed by atoms with Crippen molar-refractivity contribution in [3.8, 4) is 0 Å². The summed E-state index contributed by atoms with van der Waals surface area (Å²) in [6.07, 6.45) is 1.75. The molecule has 3 heterocycles. The summed E-state index contributed by atoms with van der Waals surface area (Å²) in [7, 11) is 0. The van der Waals surface area contributed by atoms with Gasteiger partial charge in [-0.15, -0.1) is 5.10 Å². The Hall–Kier alpha value is -2.93. The third-order valence-electron chi connectivity index (χ3n) is 4.36. The maximum Gasteiger partial charge on any atom is 0.195 e. The number of hydrogen-bond acceptors (Lipinski definition) is 6. The monoisotopic (exact) mass is 375 g/mol. The van der Waals surface area contributed by atoms with Crippen molar-refractivity contribution in [1.82, 2.24) is 24.6 Å². The van der Waals surface area contributed by atoms with Crippen LogP contribution < -0.4 is 0 Å². The Labute approximate surface area is 159 Å². The van der Waals surface area contributed by atoms with E-state index in [1.807, 2.05) is 60.0 Å². The molecule has 0 atom stereocenters. The predicted octanol–water partition coefficient (Wildman–Crippen LogP) is 4.45. The molecule has 27 heavy (non-hydrogen) atoms. The van der Waals surface area contributed by atoms with E-state index in [2.05, 4.69) is 15.1 Å². The van der Waals surface area contributed by atoms with Crippen molar-refractivity contribution in [3.63, 3.8) is 0 Å². The summed E-state index contributed by atoms with van der Waals surface area (Å²) in [6, 6.07) is 15.9. The summed E-state index contributed by atoms with van der Waals surface area (Å²) < 4.78 is 7.64. The molecule has 0 aliphatic heterocycles. The summed E-state index contributed by atoms with van der Waals surface area (Å²) in [4.78, 5) is 13.9. The van der Waals surface area contributed by atoms with E-state index in [1.54, 1.807) is 11.8 Å². The summed E-state index contributed by atoms with van der Waals surface area (Å²) in [5, 5.41) is 6.41. The number of rotatable bonds is 5. The van der Waals surface area contributed by atoms with Gasteiger partial charge in [-0.3, -0.25) is 0 Å². The van der Waals surface area contributed by atoms with Crippen LogP contribution in [0.3, 0.4) is 0 Å². The number of aryl methyl sites for hydroxylation is 2. The number of hydrogen-bond donors (Lipinski definition) is 0.